The number of furan rings is 1. The third-order valence-electron chi connectivity index (χ3n) is 5.85. The Morgan fingerprint density at radius 3 is 2.67 bits per heavy atom. The Hall–Kier alpha value is -2.60. The van der Waals surface area contributed by atoms with Crippen molar-refractivity contribution in [1.82, 2.24) is 9.88 Å². The Balaban J connectivity index is 0.00000218. The van der Waals surface area contributed by atoms with Crippen molar-refractivity contribution in [3.8, 4) is 17.1 Å². The van der Waals surface area contributed by atoms with E-state index < -0.39 is 0 Å². The number of piperidine rings is 1. The zero-order valence-corrected chi connectivity index (χ0v) is 17.8. The molecule has 1 aliphatic rings. The predicted octanol–water partition coefficient (Wildman–Crippen LogP) is 5.00. The van der Waals surface area contributed by atoms with Gasteiger partial charge in [0.25, 0.3) is 0 Å². The molecule has 2 aromatic heterocycles. The number of nitrogens with zero attached hydrogens (tertiary/aromatic N) is 2. The molecule has 0 aliphatic carbocycles. The molecule has 0 radical (unpaired) electrons. The minimum Gasteiger partial charge on any atom is -0.496 e. The molecule has 4 aromatic rings. The van der Waals surface area contributed by atoms with Gasteiger partial charge >= 0.3 is 0 Å². The van der Waals surface area contributed by atoms with E-state index in [1.54, 1.807) is 7.11 Å². The van der Waals surface area contributed by atoms with Crippen molar-refractivity contribution in [1.29, 1.82) is 0 Å². The topological polar surface area (TPSA) is 64.5 Å². The first-order valence-corrected chi connectivity index (χ1v) is 10.1. The zero-order chi connectivity index (χ0) is 19.8. The van der Waals surface area contributed by atoms with Gasteiger partial charge in [-0.3, -0.25) is 9.88 Å². The number of fused-ring (bicyclic) bond motifs is 2. The number of benzene rings is 2. The van der Waals surface area contributed by atoms with Crippen LogP contribution in [0.2, 0.25) is 0 Å². The smallest absolute Gasteiger partial charge is 0.137 e. The lowest BCUT2D eigenvalue weighted by Gasteiger charge is -2.30. The summed E-state index contributed by atoms with van der Waals surface area (Å²) in [4.78, 5) is 6.92. The van der Waals surface area contributed by atoms with Gasteiger partial charge in [-0.15, -0.1) is 12.4 Å². The summed E-state index contributed by atoms with van der Waals surface area (Å²) in [5, 5.41) is 3.18. The number of aromatic nitrogens is 1. The first-order chi connectivity index (χ1) is 14.2. The fourth-order valence-corrected chi connectivity index (χ4v) is 4.24. The number of ether oxygens (including phenoxy) is 1. The van der Waals surface area contributed by atoms with E-state index in [2.05, 4.69) is 34.1 Å². The lowest BCUT2D eigenvalue weighted by Crippen LogP contribution is -2.39. The van der Waals surface area contributed by atoms with Gasteiger partial charge in [0.15, 0.2) is 0 Å². The zero-order valence-electron chi connectivity index (χ0n) is 17.0. The quantitative estimate of drug-likeness (QED) is 0.500. The maximum atomic E-state index is 6.13. The molecule has 156 valence electrons. The normalized spacial score (nSPS) is 15.4. The summed E-state index contributed by atoms with van der Waals surface area (Å²) in [5.41, 5.74) is 9.16. The molecular weight excluding hydrogens is 398 g/mol. The Morgan fingerprint density at radius 1 is 1.10 bits per heavy atom. The molecule has 6 heteroatoms. The van der Waals surface area contributed by atoms with Crippen LogP contribution in [0.3, 0.4) is 0 Å². The highest BCUT2D eigenvalue weighted by atomic mass is 35.5. The van der Waals surface area contributed by atoms with Crippen LogP contribution in [0.15, 0.2) is 59.3 Å². The molecule has 1 fully saturated rings. The van der Waals surface area contributed by atoms with E-state index in [0.29, 0.717) is 6.04 Å². The van der Waals surface area contributed by atoms with Crippen LogP contribution in [0.25, 0.3) is 33.1 Å². The van der Waals surface area contributed by atoms with Crippen LogP contribution in [0.5, 0.6) is 5.75 Å². The molecule has 2 N–H and O–H groups in total. The Morgan fingerprint density at radius 2 is 1.90 bits per heavy atom. The minimum absolute atomic E-state index is 0. The third-order valence-corrected chi connectivity index (χ3v) is 5.85. The van der Waals surface area contributed by atoms with Crippen LogP contribution in [-0.2, 0) is 6.54 Å². The van der Waals surface area contributed by atoms with Gasteiger partial charge in [-0.1, -0.05) is 18.2 Å². The van der Waals surface area contributed by atoms with Gasteiger partial charge in [0, 0.05) is 41.3 Å². The van der Waals surface area contributed by atoms with E-state index in [4.69, 9.17) is 14.9 Å². The number of rotatable bonds is 4. The fourth-order valence-electron chi connectivity index (χ4n) is 4.24. The maximum absolute atomic E-state index is 6.13. The van der Waals surface area contributed by atoms with Crippen molar-refractivity contribution in [3.05, 3.63) is 60.4 Å². The molecule has 0 atom stereocenters. The van der Waals surface area contributed by atoms with Crippen LogP contribution in [0, 0.1) is 0 Å². The van der Waals surface area contributed by atoms with Gasteiger partial charge in [0.2, 0.25) is 0 Å². The number of para-hydroxylation sites is 1. The van der Waals surface area contributed by atoms with Crippen molar-refractivity contribution in [2.45, 2.75) is 25.4 Å². The highest BCUT2D eigenvalue weighted by Gasteiger charge is 2.18. The molecule has 0 unspecified atom stereocenters. The van der Waals surface area contributed by atoms with Crippen LogP contribution in [0.1, 0.15) is 18.4 Å². The second kappa shape index (κ2) is 8.64. The molecule has 5 rings (SSSR count). The molecule has 0 saturated carbocycles. The van der Waals surface area contributed by atoms with Crippen LogP contribution >= 0.6 is 12.4 Å². The molecule has 1 aliphatic heterocycles. The summed E-state index contributed by atoms with van der Waals surface area (Å²) < 4.78 is 11.8. The van der Waals surface area contributed by atoms with Gasteiger partial charge in [0.1, 0.15) is 17.1 Å². The van der Waals surface area contributed by atoms with Crippen molar-refractivity contribution in [3.63, 3.8) is 0 Å². The maximum Gasteiger partial charge on any atom is 0.137 e. The number of hydrogen-bond acceptors (Lipinski definition) is 5. The number of halogens is 1. The number of hydrogen-bond donors (Lipinski definition) is 1. The number of pyridine rings is 1. The van der Waals surface area contributed by atoms with E-state index in [1.807, 2.05) is 30.6 Å². The Bertz CT molecular complexity index is 1130. The number of nitrogens with two attached hydrogens (primary N) is 1. The summed E-state index contributed by atoms with van der Waals surface area (Å²) in [5.74, 6) is 1.67. The largest absolute Gasteiger partial charge is 0.496 e. The number of likely N-dealkylation sites (tertiary alicyclic amines) is 1. The molecule has 2 aromatic carbocycles. The monoisotopic (exact) mass is 423 g/mol. The van der Waals surface area contributed by atoms with Crippen molar-refractivity contribution < 1.29 is 9.15 Å². The summed E-state index contributed by atoms with van der Waals surface area (Å²) in [7, 11) is 1.71. The molecule has 0 bridgehead atoms. The van der Waals surface area contributed by atoms with E-state index in [1.165, 1.54) is 5.56 Å². The van der Waals surface area contributed by atoms with Crippen molar-refractivity contribution in [2.24, 2.45) is 5.73 Å². The molecule has 3 heterocycles. The van der Waals surface area contributed by atoms with Gasteiger partial charge in [-0.05, 0) is 61.1 Å². The summed E-state index contributed by atoms with van der Waals surface area (Å²) in [6, 6.07) is 14.9. The summed E-state index contributed by atoms with van der Waals surface area (Å²) >= 11 is 0. The van der Waals surface area contributed by atoms with E-state index >= 15 is 0 Å². The first kappa shape index (κ1) is 20.7. The summed E-state index contributed by atoms with van der Waals surface area (Å²) in [6.07, 6.45) is 5.85. The first-order valence-electron chi connectivity index (χ1n) is 10.1. The van der Waals surface area contributed by atoms with Gasteiger partial charge in [-0.25, -0.2) is 0 Å². The van der Waals surface area contributed by atoms with E-state index in [0.717, 1.165) is 71.3 Å². The molecule has 1 saturated heterocycles. The van der Waals surface area contributed by atoms with E-state index in [9.17, 15) is 0 Å². The molecule has 30 heavy (non-hydrogen) atoms. The lowest BCUT2D eigenvalue weighted by molar-refractivity contribution is 0.205. The average molecular weight is 424 g/mol. The highest BCUT2D eigenvalue weighted by molar-refractivity contribution is 6.00. The summed E-state index contributed by atoms with van der Waals surface area (Å²) in [6.45, 7) is 2.96. The average Bonchev–Trinajstić information content (AvgIpc) is 3.18. The predicted molar refractivity (Wildman–Crippen MR) is 123 cm³/mol. The second-order valence-electron chi connectivity index (χ2n) is 7.84. The van der Waals surface area contributed by atoms with Gasteiger partial charge in [0.05, 0.1) is 7.11 Å². The van der Waals surface area contributed by atoms with Crippen LogP contribution < -0.4 is 10.5 Å². The lowest BCUT2D eigenvalue weighted by atomic mass is 10.0. The van der Waals surface area contributed by atoms with E-state index in [-0.39, 0.29) is 12.4 Å². The molecule has 0 amide bonds. The van der Waals surface area contributed by atoms with Crippen LogP contribution in [0.4, 0.5) is 0 Å². The fraction of sp³-hybridized carbons (Fsp3) is 0.292. The molecular formula is C24H26ClN3O2. The SMILES string of the molecule is COc1cc(CN2CCC(N)CC2)cc2c(-c3cc4ccccc4o3)cncc12.Cl. The van der Waals surface area contributed by atoms with Gasteiger partial charge in [-0.2, -0.15) is 0 Å². The third kappa shape index (κ3) is 3.88. The minimum atomic E-state index is 0. The van der Waals surface area contributed by atoms with Crippen molar-refractivity contribution >= 4 is 34.1 Å². The Kier molecular flexibility index (Phi) is 5.95. The van der Waals surface area contributed by atoms with Gasteiger partial charge < -0.3 is 14.9 Å². The van der Waals surface area contributed by atoms with Crippen molar-refractivity contribution in [2.75, 3.05) is 20.2 Å². The highest BCUT2D eigenvalue weighted by Crippen LogP contribution is 2.36. The Labute approximate surface area is 182 Å². The molecule has 0 spiro atoms. The second-order valence-corrected chi connectivity index (χ2v) is 7.84. The van der Waals surface area contributed by atoms with Crippen LogP contribution in [-0.4, -0.2) is 36.1 Å². The number of methoxy groups -OCH3 is 1. The standard InChI is InChI=1S/C24H25N3O2.ClH/c1-28-23-11-16(15-27-8-6-18(25)7-9-27)10-19-20(23)13-26-14-21(19)24-12-17-4-2-3-5-22(17)29-24;/h2-5,10-14,18H,6-9,15,25H2,1H3;1H. The molecule has 5 nitrogen and oxygen atoms in total.